The molecule has 2 rings (SSSR count). The second-order valence-corrected chi connectivity index (χ2v) is 7.90. The van der Waals surface area contributed by atoms with Crippen molar-refractivity contribution in [3.8, 4) is 0 Å². The summed E-state index contributed by atoms with van der Waals surface area (Å²) in [6.07, 6.45) is 0. The highest BCUT2D eigenvalue weighted by atomic mass is 79.9. The Morgan fingerprint density at radius 3 is 2.45 bits per heavy atom. The first-order valence-electron chi connectivity index (χ1n) is 5.99. The van der Waals surface area contributed by atoms with Crippen LogP contribution in [0.4, 0.5) is 10.1 Å². The Kier molecular flexibility index (Phi) is 5.35. The fourth-order valence-electron chi connectivity index (χ4n) is 1.83. The number of carbonyl (C=O) groups is 1. The van der Waals surface area contributed by atoms with E-state index < -0.39 is 0 Å². The van der Waals surface area contributed by atoms with Gasteiger partial charge in [0.15, 0.2) is 5.78 Å². The topological polar surface area (TPSA) is 20.3 Å². The Bertz CT molecular complexity index is 612. The number of carbonyl (C=O) groups excluding carboxylic acids is 1. The average molecular weight is 421 g/mol. The molecule has 0 aliphatic heterocycles. The van der Waals surface area contributed by atoms with Crippen LogP contribution in [0, 0.1) is 5.82 Å². The van der Waals surface area contributed by atoms with Gasteiger partial charge in [0.1, 0.15) is 5.82 Å². The molecule has 0 aliphatic rings. The highest BCUT2D eigenvalue weighted by Crippen LogP contribution is 2.32. The highest BCUT2D eigenvalue weighted by Gasteiger charge is 2.17. The predicted octanol–water partition coefficient (Wildman–Crippen LogP) is 5.12. The largest absolute Gasteiger partial charge is 0.364 e. The third kappa shape index (κ3) is 3.68. The Morgan fingerprint density at radius 1 is 1.30 bits per heavy atom. The average Bonchev–Trinajstić information content (AvgIpc) is 2.76. The summed E-state index contributed by atoms with van der Waals surface area (Å²) >= 11 is 8.24. The van der Waals surface area contributed by atoms with E-state index in [1.54, 1.807) is 12.1 Å². The number of hydrogen-bond donors (Lipinski definition) is 0. The number of nitrogens with zero attached hydrogens (tertiary/aromatic N) is 1. The van der Waals surface area contributed by atoms with E-state index >= 15 is 0 Å². The van der Waals surface area contributed by atoms with Crippen molar-refractivity contribution in [1.29, 1.82) is 0 Å². The van der Waals surface area contributed by atoms with Crippen molar-refractivity contribution in [1.82, 2.24) is 0 Å². The molecule has 0 fully saturated rings. The van der Waals surface area contributed by atoms with Gasteiger partial charge in [-0.2, -0.15) is 0 Å². The second kappa shape index (κ2) is 6.83. The van der Waals surface area contributed by atoms with Crippen molar-refractivity contribution >= 4 is 54.7 Å². The second-order valence-electron chi connectivity index (χ2n) is 4.15. The lowest BCUT2D eigenvalue weighted by atomic mass is 10.2. The predicted molar refractivity (Wildman–Crippen MR) is 88.3 cm³/mol. The third-order valence-electron chi connectivity index (χ3n) is 2.87. The molecular weight excluding hydrogens is 409 g/mol. The molecule has 0 bridgehead atoms. The molecule has 0 spiro atoms. The maximum Gasteiger partial charge on any atom is 0.184 e. The van der Waals surface area contributed by atoms with Crippen LogP contribution < -0.4 is 4.90 Å². The molecule has 2 aromatic rings. The monoisotopic (exact) mass is 419 g/mol. The smallest absolute Gasteiger partial charge is 0.184 e. The standard InChI is InChI=1S/C14H12Br2FNOS/c1-2-18(10-5-3-9(17)4-6-10)8-12(19)11-7-13(15)20-14(11)16/h3-7H,2,8H2,1H3. The molecule has 6 heteroatoms. The van der Waals surface area contributed by atoms with E-state index in [2.05, 4.69) is 31.9 Å². The number of halogens is 3. The molecule has 1 aromatic carbocycles. The van der Waals surface area contributed by atoms with Gasteiger partial charge < -0.3 is 4.90 Å². The molecular formula is C14H12Br2FNOS. The van der Waals surface area contributed by atoms with Crippen molar-refractivity contribution < 1.29 is 9.18 Å². The number of benzene rings is 1. The van der Waals surface area contributed by atoms with Crippen LogP contribution in [0.1, 0.15) is 17.3 Å². The molecule has 2 nitrogen and oxygen atoms in total. The van der Waals surface area contributed by atoms with E-state index in [0.717, 1.165) is 13.3 Å². The van der Waals surface area contributed by atoms with Crippen LogP contribution >= 0.6 is 43.2 Å². The summed E-state index contributed by atoms with van der Waals surface area (Å²) in [5, 5.41) is 0. The number of Topliss-reactive ketones (excluding diaryl/α,β-unsaturated/α-hetero) is 1. The highest BCUT2D eigenvalue weighted by molar-refractivity contribution is 9.12. The fraction of sp³-hybridized carbons (Fsp3) is 0.214. The van der Waals surface area contributed by atoms with Crippen molar-refractivity contribution in [2.24, 2.45) is 0 Å². The van der Waals surface area contributed by atoms with Gasteiger partial charge in [0.25, 0.3) is 0 Å². The fourth-order valence-corrected chi connectivity index (χ4v) is 4.68. The van der Waals surface area contributed by atoms with Crippen LogP contribution in [-0.2, 0) is 0 Å². The van der Waals surface area contributed by atoms with Gasteiger partial charge in [-0.15, -0.1) is 11.3 Å². The Morgan fingerprint density at radius 2 is 1.95 bits per heavy atom. The zero-order valence-electron chi connectivity index (χ0n) is 10.7. The normalized spacial score (nSPS) is 10.6. The number of ketones is 1. The van der Waals surface area contributed by atoms with Gasteiger partial charge >= 0.3 is 0 Å². The van der Waals surface area contributed by atoms with Crippen LogP contribution in [0.2, 0.25) is 0 Å². The van der Waals surface area contributed by atoms with E-state index in [-0.39, 0.29) is 18.1 Å². The molecule has 0 aliphatic carbocycles. The lowest BCUT2D eigenvalue weighted by Gasteiger charge is -2.22. The summed E-state index contributed by atoms with van der Waals surface area (Å²) in [5.41, 5.74) is 1.51. The number of hydrogen-bond acceptors (Lipinski definition) is 3. The molecule has 20 heavy (non-hydrogen) atoms. The van der Waals surface area contributed by atoms with E-state index in [0.29, 0.717) is 12.1 Å². The van der Waals surface area contributed by atoms with Crippen LogP contribution in [0.25, 0.3) is 0 Å². The summed E-state index contributed by atoms with van der Waals surface area (Å²) in [6, 6.07) is 7.99. The van der Waals surface area contributed by atoms with Gasteiger partial charge in [0.05, 0.1) is 14.1 Å². The van der Waals surface area contributed by atoms with Crippen LogP contribution in [0.15, 0.2) is 37.9 Å². The zero-order valence-corrected chi connectivity index (χ0v) is 14.7. The molecule has 1 aromatic heterocycles. The number of rotatable bonds is 5. The van der Waals surface area contributed by atoms with E-state index in [4.69, 9.17) is 0 Å². The number of anilines is 1. The minimum atomic E-state index is -0.277. The van der Waals surface area contributed by atoms with Crippen molar-refractivity contribution in [3.63, 3.8) is 0 Å². The summed E-state index contributed by atoms with van der Waals surface area (Å²) in [6.45, 7) is 2.92. The van der Waals surface area contributed by atoms with Crippen LogP contribution in [0.5, 0.6) is 0 Å². The summed E-state index contributed by atoms with van der Waals surface area (Å²) in [4.78, 5) is 14.2. The van der Waals surface area contributed by atoms with Crippen molar-refractivity contribution in [2.45, 2.75) is 6.92 Å². The van der Waals surface area contributed by atoms with Gasteiger partial charge in [-0.1, -0.05) is 0 Å². The van der Waals surface area contributed by atoms with Crippen LogP contribution in [-0.4, -0.2) is 18.9 Å². The number of thiophene rings is 1. The lowest BCUT2D eigenvalue weighted by Crippen LogP contribution is -2.29. The molecule has 0 unspecified atom stereocenters. The molecule has 0 saturated heterocycles. The Labute approximate surface area is 137 Å². The molecule has 0 saturated carbocycles. The molecule has 0 N–H and O–H groups in total. The minimum absolute atomic E-state index is 0.0324. The van der Waals surface area contributed by atoms with Crippen LogP contribution in [0.3, 0.4) is 0 Å². The molecule has 0 radical (unpaired) electrons. The maximum absolute atomic E-state index is 12.9. The van der Waals surface area contributed by atoms with E-state index in [9.17, 15) is 9.18 Å². The summed E-state index contributed by atoms with van der Waals surface area (Å²) < 4.78 is 14.7. The van der Waals surface area contributed by atoms with Gasteiger partial charge in [-0.05, 0) is 69.1 Å². The van der Waals surface area contributed by atoms with Gasteiger partial charge in [0, 0.05) is 17.8 Å². The SMILES string of the molecule is CCN(CC(=O)c1cc(Br)sc1Br)c1ccc(F)cc1. The Balaban J connectivity index is 2.16. The third-order valence-corrected chi connectivity index (χ3v) is 5.20. The number of likely N-dealkylation sites (N-methyl/N-ethyl adjacent to an activating group) is 1. The molecule has 106 valence electrons. The zero-order chi connectivity index (χ0) is 14.7. The minimum Gasteiger partial charge on any atom is -0.364 e. The van der Waals surface area contributed by atoms with Crippen molar-refractivity contribution in [2.75, 3.05) is 18.0 Å². The molecule has 0 amide bonds. The van der Waals surface area contributed by atoms with Crippen molar-refractivity contribution in [3.05, 3.63) is 49.3 Å². The molecule has 1 heterocycles. The van der Waals surface area contributed by atoms with Gasteiger partial charge in [-0.25, -0.2) is 4.39 Å². The first-order valence-corrected chi connectivity index (χ1v) is 8.40. The van der Waals surface area contributed by atoms with Gasteiger partial charge in [0.2, 0.25) is 0 Å². The quantitative estimate of drug-likeness (QED) is 0.625. The summed E-state index contributed by atoms with van der Waals surface area (Å²) in [7, 11) is 0. The van der Waals surface area contributed by atoms with E-state index in [1.807, 2.05) is 17.9 Å². The first-order chi connectivity index (χ1) is 9.51. The first kappa shape index (κ1) is 15.7. The summed E-state index contributed by atoms with van der Waals surface area (Å²) in [5.74, 6) is -0.245. The molecule has 0 atom stereocenters. The maximum atomic E-state index is 12.9. The Hall–Kier alpha value is -0.720. The lowest BCUT2D eigenvalue weighted by molar-refractivity contribution is 0.0999. The van der Waals surface area contributed by atoms with E-state index in [1.165, 1.54) is 23.5 Å². The van der Waals surface area contributed by atoms with Gasteiger partial charge in [-0.3, -0.25) is 4.79 Å².